The molecule has 0 radical (unpaired) electrons. The second kappa shape index (κ2) is 5.96. The Bertz CT molecular complexity index is 364. The predicted molar refractivity (Wildman–Crippen MR) is 70.2 cm³/mol. The molecule has 0 unspecified atom stereocenters. The Morgan fingerprint density at radius 1 is 1.35 bits per heavy atom. The standard InChI is InChI=1S/C13H22N4/c1-3-5-8-17(4-2)13-11-9-14-7-6-12(11)15-10-16-13/h10,14H,3-9H2,1-2H3. The Kier molecular flexibility index (Phi) is 4.31. The van der Waals surface area contributed by atoms with Gasteiger partial charge in [0.25, 0.3) is 0 Å². The van der Waals surface area contributed by atoms with Crippen LogP contribution in [0.5, 0.6) is 0 Å². The molecule has 94 valence electrons. The minimum atomic E-state index is 0.911. The largest absolute Gasteiger partial charge is 0.357 e. The van der Waals surface area contributed by atoms with Gasteiger partial charge in [0.2, 0.25) is 0 Å². The van der Waals surface area contributed by atoms with E-state index in [1.54, 1.807) is 6.33 Å². The van der Waals surface area contributed by atoms with Gasteiger partial charge in [-0.15, -0.1) is 0 Å². The van der Waals surface area contributed by atoms with Gasteiger partial charge in [-0.25, -0.2) is 9.97 Å². The highest BCUT2D eigenvalue weighted by Gasteiger charge is 2.18. The van der Waals surface area contributed by atoms with Crippen molar-refractivity contribution >= 4 is 5.82 Å². The Morgan fingerprint density at radius 3 is 3.00 bits per heavy atom. The number of hydrogen-bond donors (Lipinski definition) is 1. The molecule has 4 heteroatoms. The van der Waals surface area contributed by atoms with Crippen molar-refractivity contribution in [1.82, 2.24) is 15.3 Å². The lowest BCUT2D eigenvalue weighted by atomic mass is 10.1. The van der Waals surface area contributed by atoms with E-state index in [2.05, 4.69) is 34.0 Å². The van der Waals surface area contributed by atoms with E-state index in [-0.39, 0.29) is 0 Å². The van der Waals surface area contributed by atoms with Crippen molar-refractivity contribution in [3.8, 4) is 0 Å². The minimum absolute atomic E-state index is 0.911. The van der Waals surface area contributed by atoms with Crippen molar-refractivity contribution in [2.24, 2.45) is 0 Å². The summed E-state index contributed by atoms with van der Waals surface area (Å²) in [5, 5.41) is 3.41. The molecule has 0 aromatic carbocycles. The molecule has 1 aromatic rings. The summed E-state index contributed by atoms with van der Waals surface area (Å²) in [5.74, 6) is 1.14. The lowest BCUT2D eigenvalue weighted by Crippen LogP contribution is -2.31. The molecule has 1 aliphatic rings. The van der Waals surface area contributed by atoms with Gasteiger partial charge < -0.3 is 10.2 Å². The van der Waals surface area contributed by atoms with Crippen LogP contribution in [0.25, 0.3) is 0 Å². The third kappa shape index (κ3) is 2.75. The fraction of sp³-hybridized carbons (Fsp3) is 0.692. The molecule has 1 aliphatic heterocycles. The summed E-state index contributed by atoms with van der Waals surface area (Å²) in [6.45, 7) is 8.48. The van der Waals surface area contributed by atoms with E-state index < -0.39 is 0 Å². The van der Waals surface area contributed by atoms with E-state index in [4.69, 9.17) is 0 Å². The summed E-state index contributed by atoms with van der Waals surface area (Å²) >= 11 is 0. The van der Waals surface area contributed by atoms with Crippen LogP contribution in [-0.4, -0.2) is 29.6 Å². The molecule has 0 spiro atoms. The van der Waals surface area contributed by atoms with Crippen molar-refractivity contribution in [2.75, 3.05) is 24.5 Å². The lowest BCUT2D eigenvalue weighted by Gasteiger charge is -2.27. The molecule has 4 nitrogen and oxygen atoms in total. The molecule has 17 heavy (non-hydrogen) atoms. The molecule has 0 saturated heterocycles. The van der Waals surface area contributed by atoms with E-state index >= 15 is 0 Å². The topological polar surface area (TPSA) is 41.1 Å². The van der Waals surface area contributed by atoms with Crippen molar-refractivity contribution in [3.05, 3.63) is 17.6 Å². The second-order valence-corrected chi connectivity index (χ2v) is 4.48. The van der Waals surface area contributed by atoms with Crippen LogP contribution in [-0.2, 0) is 13.0 Å². The molecule has 0 bridgehead atoms. The molecule has 1 aromatic heterocycles. The summed E-state index contributed by atoms with van der Waals surface area (Å²) in [4.78, 5) is 11.3. The van der Waals surface area contributed by atoms with Gasteiger partial charge in [-0.1, -0.05) is 13.3 Å². The Hall–Kier alpha value is -1.16. The molecular weight excluding hydrogens is 212 g/mol. The van der Waals surface area contributed by atoms with Gasteiger partial charge in [0.05, 0.1) is 5.69 Å². The molecule has 1 N–H and O–H groups in total. The second-order valence-electron chi connectivity index (χ2n) is 4.48. The van der Waals surface area contributed by atoms with E-state index in [0.717, 1.165) is 38.4 Å². The average Bonchev–Trinajstić information content (AvgIpc) is 2.40. The Labute approximate surface area is 103 Å². The van der Waals surface area contributed by atoms with Gasteiger partial charge in [-0.05, 0) is 13.3 Å². The lowest BCUT2D eigenvalue weighted by molar-refractivity contribution is 0.618. The van der Waals surface area contributed by atoms with Crippen LogP contribution in [0.4, 0.5) is 5.82 Å². The van der Waals surface area contributed by atoms with E-state index in [0.29, 0.717) is 0 Å². The maximum atomic E-state index is 4.49. The summed E-state index contributed by atoms with van der Waals surface area (Å²) < 4.78 is 0. The molecule has 0 aliphatic carbocycles. The smallest absolute Gasteiger partial charge is 0.136 e. The molecule has 0 amide bonds. The van der Waals surface area contributed by atoms with Gasteiger partial charge >= 0.3 is 0 Å². The molecule has 0 fully saturated rings. The monoisotopic (exact) mass is 234 g/mol. The maximum Gasteiger partial charge on any atom is 0.136 e. The molecular formula is C13H22N4. The third-order valence-electron chi connectivity index (χ3n) is 3.32. The first-order valence-electron chi connectivity index (χ1n) is 6.65. The Morgan fingerprint density at radius 2 is 2.24 bits per heavy atom. The van der Waals surface area contributed by atoms with Crippen LogP contribution >= 0.6 is 0 Å². The number of nitrogens with one attached hydrogen (secondary N) is 1. The van der Waals surface area contributed by atoms with E-state index in [1.165, 1.54) is 24.1 Å². The number of fused-ring (bicyclic) bond motifs is 1. The van der Waals surface area contributed by atoms with Crippen LogP contribution in [0, 0.1) is 0 Å². The minimum Gasteiger partial charge on any atom is -0.357 e. The molecule has 2 heterocycles. The quantitative estimate of drug-likeness (QED) is 0.842. The van der Waals surface area contributed by atoms with Crippen molar-refractivity contribution in [3.63, 3.8) is 0 Å². The zero-order chi connectivity index (χ0) is 12.1. The Balaban J connectivity index is 2.23. The summed E-state index contributed by atoms with van der Waals surface area (Å²) in [5.41, 5.74) is 2.53. The number of hydrogen-bond acceptors (Lipinski definition) is 4. The first kappa shape index (κ1) is 12.3. The van der Waals surface area contributed by atoms with Crippen LogP contribution in [0.3, 0.4) is 0 Å². The maximum absolute atomic E-state index is 4.49. The number of aromatic nitrogens is 2. The number of anilines is 1. The third-order valence-corrected chi connectivity index (χ3v) is 3.32. The van der Waals surface area contributed by atoms with Crippen LogP contribution in [0.2, 0.25) is 0 Å². The number of unbranched alkanes of at least 4 members (excludes halogenated alkanes) is 1. The normalized spacial score (nSPS) is 14.5. The first-order valence-corrected chi connectivity index (χ1v) is 6.65. The van der Waals surface area contributed by atoms with Crippen molar-refractivity contribution in [1.29, 1.82) is 0 Å². The van der Waals surface area contributed by atoms with Gasteiger partial charge in [0.1, 0.15) is 12.1 Å². The zero-order valence-electron chi connectivity index (χ0n) is 10.9. The fourth-order valence-corrected chi connectivity index (χ4v) is 2.29. The predicted octanol–water partition coefficient (Wildman–Crippen LogP) is 1.75. The van der Waals surface area contributed by atoms with Crippen molar-refractivity contribution < 1.29 is 0 Å². The highest BCUT2D eigenvalue weighted by atomic mass is 15.2. The van der Waals surface area contributed by atoms with Gasteiger partial charge in [-0.2, -0.15) is 0 Å². The van der Waals surface area contributed by atoms with Crippen molar-refractivity contribution in [2.45, 2.75) is 39.7 Å². The van der Waals surface area contributed by atoms with Crippen LogP contribution in [0.1, 0.15) is 37.9 Å². The average molecular weight is 234 g/mol. The van der Waals surface area contributed by atoms with E-state index in [1.807, 2.05) is 0 Å². The van der Waals surface area contributed by atoms with Crippen LogP contribution < -0.4 is 10.2 Å². The number of rotatable bonds is 5. The van der Waals surface area contributed by atoms with Gasteiger partial charge in [0.15, 0.2) is 0 Å². The molecule has 0 atom stereocenters. The fourth-order valence-electron chi connectivity index (χ4n) is 2.29. The zero-order valence-corrected chi connectivity index (χ0v) is 10.9. The highest BCUT2D eigenvalue weighted by molar-refractivity contribution is 5.49. The summed E-state index contributed by atoms with van der Waals surface area (Å²) in [6, 6.07) is 0. The number of nitrogens with zero attached hydrogens (tertiary/aromatic N) is 3. The summed E-state index contributed by atoms with van der Waals surface area (Å²) in [7, 11) is 0. The molecule has 0 saturated carbocycles. The SMILES string of the molecule is CCCCN(CC)c1ncnc2c1CNCC2. The first-order chi connectivity index (χ1) is 8.36. The van der Waals surface area contributed by atoms with Crippen LogP contribution in [0.15, 0.2) is 6.33 Å². The van der Waals surface area contributed by atoms with Gasteiger partial charge in [-0.3, -0.25) is 0 Å². The van der Waals surface area contributed by atoms with E-state index in [9.17, 15) is 0 Å². The summed E-state index contributed by atoms with van der Waals surface area (Å²) in [6.07, 6.45) is 5.19. The van der Waals surface area contributed by atoms with Gasteiger partial charge in [0, 0.05) is 38.2 Å². The molecule has 2 rings (SSSR count). The highest BCUT2D eigenvalue weighted by Crippen LogP contribution is 2.22.